The molecule has 0 saturated carbocycles. The van der Waals surface area contributed by atoms with Crippen LogP contribution in [0.5, 0.6) is 0 Å². The lowest BCUT2D eigenvalue weighted by molar-refractivity contribution is -0.123. The van der Waals surface area contributed by atoms with E-state index in [9.17, 15) is 9.59 Å². The van der Waals surface area contributed by atoms with Crippen LogP contribution in [0.3, 0.4) is 0 Å². The Morgan fingerprint density at radius 2 is 1.91 bits per heavy atom. The second-order valence-corrected chi connectivity index (χ2v) is 5.87. The molecule has 0 radical (unpaired) electrons. The third-order valence-electron chi connectivity index (χ3n) is 3.26. The van der Waals surface area contributed by atoms with Crippen molar-refractivity contribution in [3.05, 3.63) is 11.1 Å². The maximum atomic E-state index is 11.6. The zero-order chi connectivity index (χ0) is 15.1. The summed E-state index contributed by atoms with van der Waals surface area (Å²) in [7, 11) is 0. The van der Waals surface area contributed by atoms with Gasteiger partial charge in [-0.1, -0.05) is 6.42 Å². The Morgan fingerprint density at radius 3 is 2.57 bits per heavy atom. The number of halogens is 2. The second kappa shape index (κ2) is 11.6. The minimum atomic E-state index is -0.352. The number of nitrogens with zero attached hydrogens (tertiary/aromatic N) is 2. The molecule has 23 heavy (non-hydrogen) atoms. The summed E-state index contributed by atoms with van der Waals surface area (Å²) < 4.78 is 0. The number of carbonyl (C=O) groups is 2. The molecule has 1 aromatic rings. The van der Waals surface area contributed by atoms with Crippen molar-refractivity contribution in [1.29, 1.82) is 0 Å². The van der Waals surface area contributed by atoms with Crippen LogP contribution in [-0.4, -0.2) is 47.9 Å². The minimum absolute atomic E-state index is 0. The smallest absolute Gasteiger partial charge is 0.245 e. The zero-order valence-electron chi connectivity index (χ0n) is 12.7. The summed E-state index contributed by atoms with van der Waals surface area (Å²) in [5.74, 6) is -0.647. The van der Waals surface area contributed by atoms with Gasteiger partial charge in [0.25, 0.3) is 0 Å². The van der Waals surface area contributed by atoms with Crippen LogP contribution in [0.4, 0.5) is 5.13 Å². The zero-order valence-corrected chi connectivity index (χ0v) is 15.2. The quantitative estimate of drug-likeness (QED) is 0.679. The summed E-state index contributed by atoms with van der Waals surface area (Å²) in [5, 5.41) is 7.62. The predicted octanol–water partition coefficient (Wildman–Crippen LogP) is 0.986. The number of piperidine rings is 1. The van der Waals surface area contributed by atoms with E-state index in [-0.39, 0.29) is 49.7 Å². The van der Waals surface area contributed by atoms with Gasteiger partial charge in [0.1, 0.15) is 0 Å². The van der Waals surface area contributed by atoms with Gasteiger partial charge >= 0.3 is 0 Å². The van der Waals surface area contributed by atoms with E-state index >= 15 is 0 Å². The molecule has 1 aromatic heterocycles. The Morgan fingerprint density at radius 1 is 1.22 bits per heavy atom. The van der Waals surface area contributed by atoms with Gasteiger partial charge in [-0.25, -0.2) is 4.98 Å². The third kappa shape index (κ3) is 7.94. The van der Waals surface area contributed by atoms with E-state index < -0.39 is 0 Å². The van der Waals surface area contributed by atoms with Crippen LogP contribution in [0, 0.1) is 0 Å². The fraction of sp³-hybridized carbons (Fsp3) is 0.615. The summed E-state index contributed by atoms with van der Waals surface area (Å²) in [6.07, 6.45) is 3.80. The SMILES string of the molecule is Cl.Cl.NCC(=O)NCC(=O)Nc1nc(CN2CCCCC2)cs1. The van der Waals surface area contributed by atoms with E-state index in [2.05, 4.69) is 20.5 Å². The van der Waals surface area contributed by atoms with Crippen LogP contribution >= 0.6 is 36.2 Å². The van der Waals surface area contributed by atoms with Crippen LogP contribution in [0.15, 0.2) is 5.38 Å². The van der Waals surface area contributed by atoms with Gasteiger partial charge in [-0.2, -0.15) is 0 Å². The summed E-state index contributed by atoms with van der Waals surface area (Å²) >= 11 is 1.40. The number of carbonyl (C=O) groups excluding carboxylic acids is 2. The standard InChI is InChI=1S/C13H21N5O2S.2ClH/c14-6-11(19)15-7-12(20)17-13-16-10(9-21-13)8-18-4-2-1-3-5-18;;/h9H,1-8,14H2,(H,15,19)(H,16,17,20);2*1H. The number of anilines is 1. The van der Waals surface area contributed by atoms with E-state index in [0.29, 0.717) is 5.13 Å². The molecular formula is C13H23Cl2N5O2S. The Labute approximate surface area is 152 Å². The highest BCUT2D eigenvalue weighted by atomic mass is 35.5. The number of thiazole rings is 1. The van der Waals surface area contributed by atoms with Gasteiger partial charge in [-0.3, -0.25) is 14.5 Å². The Kier molecular flexibility index (Phi) is 11.1. The van der Waals surface area contributed by atoms with E-state index in [1.165, 1.54) is 30.6 Å². The summed E-state index contributed by atoms with van der Waals surface area (Å²) in [6.45, 7) is 2.85. The molecule has 2 heterocycles. The van der Waals surface area contributed by atoms with E-state index in [0.717, 1.165) is 25.3 Å². The molecule has 2 rings (SSSR count). The molecule has 1 aliphatic heterocycles. The van der Waals surface area contributed by atoms with E-state index in [1.807, 2.05) is 5.38 Å². The lowest BCUT2D eigenvalue weighted by Crippen LogP contribution is -2.36. The van der Waals surface area contributed by atoms with Crippen LogP contribution in [0.25, 0.3) is 0 Å². The van der Waals surface area contributed by atoms with Crippen molar-refractivity contribution in [2.24, 2.45) is 5.73 Å². The normalized spacial score (nSPS) is 14.3. The number of nitrogens with one attached hydrogen (secondary N) is 2. The van der Waals surface area contributed by atoms with Crippen LogP contribution in [0.2, 0.25) is 0 Å². The Bertz CT molecular complexity index is 494. The molecule has 1 aliphatic rings. The van der Waals surface area contributed by atoms with Gasteiger partial charge in [-0.05, 0) is 25.9 Å². The maximum absolute atomic E-state index is 11.6. The summed E-state index contributed by atoms with van der Waals surface area (Å²) in [6, 6.07) is 0. The predicted molar refractivity (Wildman–Crippen MR) is 96.4 cm³/mol. The first kappa shape index (κ1) is 22.1. The van der Waals surface area contributed by atoms with Gasteiger partial charge in [-0.15, -0.1) is 36.2 Å². The molecular weight excluding hydrogens is 361 g/mol. The largest absolute Gasteiger partial charge is 0.346 e. The van der Waals surface area contributed by atoms with Gasteiger partial charge in [0.05, 0.1) is 18.8 Å². The van der Waals surface area contributed by atoms with Crippen molar-refractivity contribution in [1.82, 2.24) is 15.2 Å². The average Bonchev–Trinajstić information content (AvgIpc) is 2.92. The Balaban J connectivity index is 0.00000242. The lowest BCUT2D eigenvalue weighted by atomic mass is 10.1. The third-order valence-corrected chi connectivity index (χ3v) is 4.07. The van der Waals surface area contributed by atoms with E-state index in [1.54, 1.807) is 0 Å². The molecule has 0 atom stereocenters. The molecule has 0 aliphatic carbocycles. The second-order valence-electron chi connectivity index (χ2n) is 5.01. The van der Waals surface area contributed by atoms with Gasteiger partial charge < -0.3 is 16.4 Å². The first-order valence-corrected chi connectivity index (χ1v) is 7.98. The molecule has 2 amide bonds. The van der Waals surface area contributed by atoms with Gasteiger partial charge in [0, 0.05) is 11.9 Å². The van der Waals surface area contributed by atoms with Gasteiger partial charge in [0.2, 0.25) is 11.8 Å². The molecule has 132 valence electrons. The molecule has 0 bridgehead atoms. The fourth-order valence-electron chi connectivity index (χ4n) is 2.20. The average molecular weight is 384 g/mol. The van der Waals surface area contributed by atoms with Crippen LogP contribution < -0.4 is 16.4 Å². The van der Waals surface area contributed by atoms with Gasteiger partial charge in [0.15, 0.2) is 5.13 Å². The van der Waals surface area contributed by atoms with E-state index in [4.69, 9.17) is 5.73 Å². The molecule has 0 spiro atoms. The van der Waals surface area contributed by atoms with Crippen molar-refractivity contribution in [2.45, 2.75) is 25.8 Å². The van der Waals surface area contributed by atoms with Crippen molar-refractivity contribution >= 4 is 53.1 Å². The van der Waals surface area contributed by atoms with Crippen molar-refractivity contribution in [2.75, 3.05) is 31.5 Å². The number of hydrogen-bond donors (Lipinski definition) is 3. The monoisotopic (exact) mass is 383 g/mol. The van der Waals surface area contributed by atoms with Crippen molar-refractivity contribution in [3.63, 3.8) is 0 Å². The molecule has 7 nitrogen and oxygen atoms in total. The molecule has 1 saturated heterocycles. The number of nitrogens with two attached hydrogens (primary N) is 1. The highest BCUT2D eigenvalue weighted by Crippen LogP contribution is 2.18. The highest BCUT2D eigenvalue weighted by Gasteiger charge is 2.13. The number of amides is 2. The number of hydrogen-bond acceptors (Lipinski definition) is 6. The lowest BCUT2D eigenvalue weighted by Gasteiger charge is -2.25. The number of aromatic nitrogens is 1. The minimum Gasteiger partial charge on any atom is -0.346 e. The number of rotatable bonds is 6. The molecule has 0 unspecified atom stereocenters. The molecule has 10 heteroatoms. The van der Waals surface area contributed by atoms with Crippen LogP contribution in [-0.2, 0) is 16.1 Å². The fourth-order valence-corrected chi connectivity index (χ4v) is 2.92. The van der Waals surface area contributed by atoms with Crippen LogP contribution in [0.1, 0.15) is 25.0 Å². The summed E-state index contributed by atoms with van der Waals surface area (Å²) in [5.41, 5.74) is 6.12. The molecule has 1 fully saturated rings. The Hall–Kier alpha value is -0.930. The first-order valence-electron chi connectivity index (χ1n) is 7.11. The topological polar surface area (TPSA) is 100 Å². The summed E-state index contributed by atoms with van der Waals surface area (Å²) in [4.78, 5) is 29.4. The van der Waals surface area contributed by atoms with Crippen molar-refractivity contribution < 1.29 is 9.59 Å². The van der Waals surface area contributed by atoms with Crippen molar-refractivity contribution in [3.8, 4) is 0 Å². The molecule has 4 N–H and O–H groups in total. The highest BCUT2D eigenvalue weighted by molar-refractivity contribution is 7.13. The first-order chi connectivity index (χ1) is 10.2. The maximum Gasteiger partial charge on any atom is 0.245 e. The molecule has 0 aromatic carbocycles. The number of likely N-dealkylation sites (tertiary alicyclic amines) is 1.